The van der Waals surface area contributed by atoms with Crippen molar-refractivity contribution in [1.29, 1.82) is 0 Å². The minimum atomic E-state index is -4.22. The molecule has 8 nitrogen and oxygen atoms in total. The van der Waals surface area contributed by atoms with Gasteiger partial charge in [0.1, 0.15) is 11.9 Å². The lowest BCUT2D eigenvalue weighted by atomic mass is 10.0. The number of aromatic nitrogens is 2. The summed E-state index contributed by atoms with van der Waals surface area (Å²) in [7, 11) is -4.22. The summed E-state index contributed by atoms with van der Waals surface area (Å²) in [5.41, 5.74) is 0.789. The Hall–Kier alpha value is -2.42. The van der Waals surface area contributed by atoms with Gasteiger partial charge in [-0.25, -0.2) is 4.98 Å². The third-order valence-corrected chi connectivity index (χ3v) is 5.32. The van der Waals surface area contributed by atoms with Crippen LogP contribution < -0.4 is 4.74 Å². The molecule has 130 valence electrons. The van der Waals surface area contributed by atoms with Crippen LogP contribution in [0.5, 0.6) is 5.75 Å². The van der Waals surface area contributed by atoms with E-state index in [1.54, 1.807) is 19.1 Å². The fourth-order valence-corrected chi connectivity index (χ4v) is 3.92. The highest BCUT2D eigenvalue weighted by molar-refractivity contribution is 7.90. The molecule has 1 heterocycles. The Bertz CT molecular complexity index is 871. The van der Waals surface area contributed by atoms with Gasteiger partial charge >= 0.3 is 15.8 Å². The molecule has 2 aromatic rings. The lowest BCUT2D eigenvalue weighted by molar-refractivity contribution is -0.390. The molecule has 0 bridgehead atoms. The molecule has 0 atom stereocenters. The third kappa shape index (κ3) is 3.12. The van der Waals surface area contributed by atoms with E-state index in [2.05, 4.69) is 4.98 Å². The van der Waals surface area contributed by atoms with Crippen LogP contribution in [-0.2, 0) is 10.0 Å². The van der Waals surface area contributed by atoms with E-state index in [9.17, 15) is 18.5 Å². The van der Waals surface area contributed by atoms with Crippen molar-refractivity contribution in [1.82, 2.24) is 8.96 Å². The Morgan fingerprint density at radius 1 is 1.38 bits per heavy atom. The molecule has 0 radical (unpaired) electrons. The number of imidazole rings is 1. The second-order valence-electron chi connectivity index (χ2n) is 5.48. The van der Waals surface area contributed by atoms with E-state index in [1.807, 2.05) is 13.8 Å². The molecule has 2 rings (SSSR count). The van der Waals surface area contributed by atoms with Gasteiger partial charge in [0.2, 0.25) is 5.82 Å². The average Bonchev–Trinajstić information content (AvgIpc) is 2.90. The highest BCUT2D eigenvalue weighted by Gasteiger charge is 2.34. The Kier molecular flexibility index (Phi) is 4.93. The van der Waals surface area contributed by atoms with Gasteiger partial charge in [0, 0.05) is 6.92 Å². The highest BCUT2D eigenvalue weighted by atomic mass is 32.2. The van der Waals surface area contributed by atoms with Gasteiger partial charge < -0.3 is 14.9 Å². The molecule has 1 aromatic heterocycles. The summed E-state index contributed by atoms with van der Waals surface area (Å²) >= 11 is 0. The molecule has 1 aromatic carbocycles. The summed E-state index contributed by atoms with van der Waals surface area (Å²) in [6, 6.07) is 4.85. The smallest absolute Gasteiger partial charge is 0.358 e. The van der Waals surface area contributed by atoms with Crippen molar-refractivity contribution >= 4 is 15.8 Å². The van der Waals surface area contributed by atoms with Crippen LogP contribution in [0.25, 0.3) is 0 Å². The van der Waals surface area contributed by atoms with E-state index < -0.39 is 20.8 Å². The molecule has 0 saturated carbocycles. The molecule has 0 aliphatic rings. The average molecular weight is 353 g/mol. The molecule has 0 spiro atoms. The monoisotopic (exact) mass is 353 g/mol. The van der Waals surface area contributed by atoms with Crippen molar-refractivity contribution in [2.45, 2.75) is 38.5 Å². The molecule has 0 N–H and O–H groups in total. The predicted molar refractivity (Wildman–Crippen MR) is 87.9 cm³/mol. The van der Waals surface area contributed by atoms with Gasteiger partial charge in [-0.3, -0.25) is 0 Å². The van der Waals surface area contributed by atoms with Crippen molar-refractivity contribution in [3.63, 3.8) is 0 Å². The number of nitrogens with zero attached hydrogens (tertiary/aromatic N) is 3. The van der Waals surface area contributed by atoms with Gasteiger partial charge in [0.25, 0.3) is 0 Å². The Labute approximate surface area is 140 Å². The molecule has 24 heavy (non-hydrogen) atoms. The number of ether oxygens (including phenoxy) is 1. The molecule has 0 fully saturated rings. The summed E-state index contributed by atoms with van der Waals surface area (Å²) < 4.78 is 32.1. The molecular formula is C15H19N3O5S. The van der Waals surface area contributed by atoms with Gasteiger partial charge in [-0.15, -0.1) is 0 Å². The van der Waals surface area contributed by atoms with E-state index in [0.717, 1.165) is 11.8 Å². The van der Waals surface area contributed by atoms with Gasteiger partial charge in [-0.05, 0) is 35.5 Å². The molecule has 0 unspecified atom stereocenters. The number of benzene rings is 1. The molecule has 0 aliphatic heterocycles. The standard InChI is InChI=1S/C15H19N3O5S/c1-5-23-13-7-6-12(10(2)3)8-14(13)24(21,22)17-11(4)16-9-15(17)18(19)20/h6-10H,5H2,1-4H3. The normalized spacial score (nSPS) is 11.7. The maximum Gasteiger partial charge on any atom is 0.358 e. The zero-order chi connectivity index (χ0) is 18.1. The maximum atomic E-state index is 13.1. The number of hydrogen-bond acceptors (Lipinski definition) is 6. The van der Waals surface area contributed by atoms with E-state index >= 15 is 0 Å². The summed E-state index contributed by atoms with van der Waals surface area (Å²) in [5, 5.41) is 11.1. The first-order chi connectivity index (χ1) is 11.2. The van der Waals surface area contributed by atoms with Crippen LogP contribution >= 0.6 is 0 Å². The Morgan fingerprint density at radius 3 is 2.58 bits per heavy atom. The quantitative estimate of drug-likeness (QED) is 0.584. The predicted octanol–water partition coefficient (Wildman–Crippen LogP) is 2.86. The van der Waals surface area contributed by atoms with Crippen molar-refractivity contribution in [2.75, 3.05) is 6.61 Å². The Morgan fingerprint density at radius 2 is 2.04 bits per heavy atom. The van der Waals surface area contributed by atoms with Crippen LogP contribution in [-0.4, -0.2) is 28.9 Å². The first-order valence-corrected chi connectivity index (χ1v) is 8.85. The minimum Gasteiger partial charge on any atom is -0.492 e. The molecule has 0 amide bonds. The van der Waals surface area contributed by atoms with Crippen LogP contribution in [0.1, 0.15) is 38.1 Å². The van der Waals surface area contributed by atoms with Gasteiger partial charge in [0.05, 0.1) is 6.61 Å². The zero-order valence-electron chi connectivity index (χ0n) is 13.9. The number of aryl methyl sites for hydroxylation is 1. The summed E-state index contributed by atoms with van der Waals surface area (Å²) in [6.45, 7) is 7.26. The van der Waals surface area contributed by atoms with E-state index in [4.69, 9.17) is 4.74 Å². The first-order valence-electron chi connectivity index (χ1n) is 7.41. The van der Waals surface area contributed by atoms with Crippen LogP contribution in [0.4, 0.5) is 5.82 Å². The summed E-state index contributed by atoms with van der Waals surface area (Å²) in [5.74, 6) is -0.346. The summed E-state index contributed by atoms with van der Waals surface area (Å²) in [4.78, 5) is 14.0. The third-order valence-electron chi connectivity index (χ3n) is 3.51. The molecule has 0 saturated heterocycles. The SMILES string of the molecule is CCOc1ccc(C(C)C)cc1S(=O)(=O)n1c([N+](=O)[O-])cnc1C. The number of nitro groups is 1. The van der Waals surface area contributed by atoms with Gasteiger partial charge in [-0.1, -0.05) is 23.9 Å². The van der Waals surface area contributed by atoms with Crippen LogP contribution in [0.3, 0.4) is 0 Å². The molecule has 0 aliphatic carbocycles. The second kappa shape index (κ2) is 6.60. The van der Waals surface area contributed by atoms with Crippen LogP contribution in [0.15, 0.2) is 29.3 Å². The zero-order valence-corrected chi connectivity index (χ0v) is 14.7. The van der Waals surface area contributed by atoms with E-state index in [0.29, 0.717) is 3.97 Å². The van der Waals surface area contributed by atoms with Crippen molar-refractivity contribution in [3.05, 3.63) is 45.9 Å². The minimum absolute atomic E-state index is 0.0131. The second-order valence-corrected chi connectivity index (χ2v) is 7.24. The van der Waals surface area contributed by atoms with Crippen molar-refractivity contribution in [3.8, 4) is 5.75 Å². The first kappa shape index (κ1) is 17.9. The lowest BCUT2D eigenvalue weighted by Crippen LogP contribution is -2.18. The van der Waals surface area contributed by atoms with Gasteiger partial charge in [0.15, 0.2) is 4.90 Å². The van der Waals surface area contributed by atoms with Crippen LogP contribution in [0, 0.1) is 17.0 Å². The van der Waals surface area contributed by atoms with Gasteiger partial charge in [-0.2, -0.15) is 8.42 Å². The molecule has 9 heteroatoms. The fourth-order valence-electron chi connectivity index (χ4n) is 2.30. The van der Waals surface area contributed by atoms with Crippen molar-refractivity contribution < 1.29 is 18.1 Å². The molecular weight excluding hydrogens is 334 g/mol. The largest absolute Gasteiger partial charge is 0.492 e. The van der Waals surface area contributed by atoms with E-state index in [-0.39, 0.29) is 29.0 Å². The topological polar surface area (TPSA) is 104 Å². The number of rotatable bonds is 6. The Balaban J connectivity index is 2.75. The fraction of sp³-hybridized carbons (Fsp3) is 0.400. The number of hydrogen-bond donors (Lipinski definition) is 0. The van der Waals surface area contributed by atoms with E-state index in [1.165, 1.54) is 13.0 Å². The van der Waals surface area contributed by atoms with Crippen LogP contribution in [0.2, 0.25) is 0 Å². The van der Waals surface area contributed by atoms with Crippen molar-refractivity contribution in [2.24, 2.45) is 0 Å². The lowest BCUT2D eigenvalue weighted by Gasteiger charge is -2.13. The highest BCUT2D eigenvalue weighted by Crippen LogP contribution is 2.32. The maximum absolute atomic E-state index is 13.1. The summed E-state index contributed by atoms with van der Waals surface area (Å²) in [6.07, 6.45) is 0.930.